The molecule has 0 saturated carbocycles. The summed E-state index contributed by atoms with van der Waals surface area (Å²) in [5.41, 5.74) is 6.06. The third-order valence-corrected chi connectivity index (χ3v) is 5.47. The highest BCUT2D eigenvalue weighted by Gasteiger charge is 2.33. The van der Waals surface area contributed by atoms with Gasteiger partial charge in [0.15, 0.2) is 0 Å². The summed E-state index contributed by atoms with van der Waals surface area (Å²) in [6.07, 6.45) is 1.62. The molecule has 0 spiro atoms. The molecule has 1 heterocycles. The molecule has 1 aromatic carbocycles. The maximum Gasteiger partial charge on any atom is 0.218 e. The van der Waals surface area contributed by atoms with E-state index in [2.05, 4.69) is 0 Å². The molecule has 1 fully saturated rings. The minimum Gasteiger partial charge on any atom is -0.329 e. The maximum atomic E-state index is 13.0. The van der Waals surface area contributed by atoms with Crippen molar-refractivity contribution in [3.8, 4) is 0 Å². The Morgan fingerprint density at radius 2 is 2.15 bits per heavy atom. The molecule has 114 valence electrons. The topological polar surface area (TPSA) is 63.4 Å². The van der Waals surface area contributed by atoms with E-state index in [0.29, 0.717) is 18.7 Å². The second-order valence-corrected chi connectivity index (χ2v) is 6.98. The summed E-state index contributed by atoms with van der Waals surface area (Å²) < 4.78 is 39.1. The van der Waals surface area contributed by atoms with E-state index < -0.39 is 15.8 Å². The minimum atomic E-state index is -3.43. The van der Waals surface area contributed by atoms with Crippen molar-refractivity contribution in [2.45, 2.75) is 24.6 Å². The molecule has 1 aromatic rings. The molecular formula is C12H17Cl2FN2O2S. The Morgan fingerprint density at radius 1 is 1.45 bits per heavy atom. The van der Waals surface area contributed by atoms with Crippen molar-refractivity contribution in [2.75, 3.05) is 13.1 Å². The standard InChI is InChI=1S/C12H16ClFN2O2S.ClH/c13-11-6-9(3-4-12(11)14)8-19(17,18)16-5-1-2-10(16)7-15;/h3-4,6,10H,1-2,5,7-8,15H2;1H. The van der Waals surface area contributed by atoms with Gasteiger partial charge in [-0.05, 0) is 30.5 Å². The number of hydrogen-bond acceptors (Lipinski definition) is 3. The van der Waals surface area contributed by atoms with Crippen LogP contribution in [0.1, 0.15) is 18.4 Å². The monoisotopic (exact) mass is 342 g/mol. The van der Waals surface area contributed by atoms with Crippen molar-refractivity contribution in [2.24, 2.45) is 5.73 Å². The molecule has 20 heavy (non-hydrogen) atoms. The molecule has 0 aromatic heterocycles. The van der Waals surface area contributed by atoms with Gasteiger partial charge in [0.2, 0.25) is 10.0 Å². The molecule has 0 radical (unpaired) electrons. The average Bonchev–Trinajstić information content (AvgIpc) is 2.82. The van der Waals surface area contributed by atoms with E-state index in [-0.39, 0.29) is 29.2 Å². The van der Waals surface area contributed by atoms with Crippen molar-refractivity contribution >= 4 is 34.0 Å². The summed E-state index contributed by atoms with van der Waals surface area (Å²) in [6, 6.07) is 3.84. The minimum absolute atomic E-state index is 0. The highest BCUT2D eigenvalue weighted by atomic mass is 35.5. The van der Waals surface area contributed by atoms with Gasteiger partial charge in [-0.2, -0.15) is 4.31 Å². The third kappa shape index (κ3) is 3.83. The van der Waals surface area contributed by atoms with Crippen molar-refractivity contribution in [3.63, 3.8) is 0 Å². The maximum absolute atomic E-state index is 13.0. The first kappa shape index (κ1) is 17.7. The number of sulfonamides is 1. The molecule has 1 saturated heterocycles. The number of nitrogens with two attached hydrogens (primary N) is 1. The summed E-state index contributed by atoms with van der Waals surface area (Å²) in [6.45, 7) is 0.822. The summed E-state index contributed by atoms with van der Waals surface area (Å²) in [4.78, 5) is 0. The number of nitrogens with zero attached hydrogens (tertiary/aromatic N) is 1. The van der Waals surface area contributed by atoms with Crippen molar-refractivity contribution in [1.82, 2.24) is 4.31 Å². The quantitative estimate of drug-likeness (QED) is 0.911. The average molecular weight is 343 g/mol. The van der Waals surface area contributed by atoms with Gasteiger partial charge in [0, 0.05) is 19.1 Å². The fourth-order valence-electron chi connectivity index (χ4n) is 2.33. The first-order chi connectivity index (χ1) is 8.94. The van der Waals surface area contributed by atoms with Gasteiger partial charge in [-0.15, -0.1) is 12.4 Å². The van der Waals surface area contributed by atoms with Gasteiger partial charge >= 0.3 is 0 Å². The number of rotatable bonds is 4. The molecule has 0 bridgehead atoms. The van der Waals surface area contributed by atoms with Crippen LogP contribution in [0.15, 0.2) is 18.2 Å². The van der Waals surface area contributed by atoms with Gasteiger partial charge in [-0.1, -0.05) is 17.7 Å². The van der Waals surface area contributed by atoms with Gasteiger partial charge < -0.3 is 5.73 Å². The Bertz CT molecular complexity index is 569. The van der Waals surface area contributed by atoms with Crippen LogP contribution in [0, 0.1) is 5.82 Å². The fraction of sp³-hybridized carbons (Fsp3) is 0.500. The molecule has 1 unspecified atom stereocenters. The Hall–Kier alpha value is -0.400. The molecule has 1 atom stereocenters. The Kier molecular flexibility index (Phi) is 6.22. The van der Waals surface area contributed by atoms with Gasteiger partial charge in [-0.25, -0.2) is 12.8 Å². The van der Waals surface area contributed by atoms with Gasteiger partial charge in [-0.3, -0.25) is 0 Å². The molecule has 2 rings (SSSR count). The van der Waals surface area contributed by atoms with Crippen LogP contribution in [-0.2, 0) is 15.8 Å². The molecule has 8 heteroatoms. The van der Waals surface area contributed by atoms with Crippen LogP contribution in [0.5, 0.6) is 0 Å². The molecule has 1 aliphatic rings. The highest BCUT2D eigenvalue weighted by molar-refractivity contribution is 7.88. The lowest BCUT2D eigenvalue weighted by Crippen LogP contribution is -2.40. The number of halogens is 3. The Morgan fingerprint density at radius 3 is 2.75 bits per heavy atom. The third-order valence-electron chi connectivity index (χ3n) is 3.29. The van der Waals surface area contributed by atoms with E-state index >= 15 is 0 Å². The molecule has 1 aliphatic heterocycles. The molecule has 0 amide bonds. The fourth-order valence-corrected chi connectivity index (χ4v) is 4.36. The SMILES string of the molecule is Cl.NCC1CCCN1S(=O)(=O)Cc1ccc(F)c(Cl)c1. The van der Waals surface area contributed by atoms with Gasteiger partial charge in [0.1, 0.15) is 5.82 Å². The van der Waals surface area contributed by atoms with E-state index in [9.17, 15) is 12.8 Å². The lowest BCUT2D eigenvalue weighted by atomic mass is 10.2. The summed E-state index contributed by atoms with van der Waals surface area (Å²) in [5.74, 6) is -0.729. The van der Waals surface area contributed by atoms with E-state index in [4.69, 9.17) is 17.3 Å². The van der Waals surface area contributed by atoms with Crippen LogP contribution in [0.25, 0.3) is 0 Å². The highest BCUT2D eigenvalue weighted by Crippen LogP contribution is 2.24. The van der Waals surface area contributed by atoms with Crippen molar-refractivity contribution < 1.29 is 12.8 Å². The second kappa shape index (κ2) is 7.04. The summed E-state index contributed by atoms with van der Waals surface area (Å²) in [7, 11) is -3.43. The predicted octanol–water partition coefficient (Wildman–Crippen LogP) is 2.15. The van der Waals surface area contributed by atoms with E-state index in [0.717, 1.165) is 12.8 Å². The Balaban J connectivity index is 0.00000200. The number of benzene rings is 1. The lowest BCUT2D eigenvalue weighted by Gasteiger charge is -2.22. The van der Waals surface area contributed by atoms with Crippen LogP contribution < -0.4 is 5.73 Å². The first-order valence-corrected chi connectivity index (χ1v) is 8.06. The zero-order chi connectivity index (χ0) is 14.0. The van der Waals surface area contributed by atoms with Crippen LogP contribution in [-0.4, -0.2) is 31.9 Å². The van der Waals surface area contributed by atoms with Crippen molar-refractivity contribution in [3.05, 3.63) is 34.6 Å². The zero-order valence-corrected chi connectivity index (χ0v) is 13.1. The van der Waals surface area contributed by atoms with Crippen LogP contribution in [0.3, 0.4) is 0 Å². The lowest BCUT2D eigenvalue weighted by molar-refractivity contribution is 0.392. The Labute approximate surface area is 129 Å². The van der Waals surface area contributed by atoms with Crippen LogP contribution in [0.4, 0.5) is 4.39 Å². The molecule has 4 nitrogen and oxygen atoms in total. The van der Waals surface area contributed by atoms with E-state index in [1.165, 1.54) is 22.5 Å². The van der Waals surface area contributed by atoms with Gasteiger partial charge in [0.25, 0.3) is 0 Å². The normalized spacial score (nSPS) is 19.9. The predicted molar refractivity (Wildman–Crippen MR) is 80.1 cm³/mol. The first-order valence-electron chi connectivity index (χ1n) is 6.07. The van der Waals surface area contributed by atoms with Crippen molar-refractivity contribution in [1.29, 1.82) is 0 Å². The largest absolute Gasteiger partial charge is 0.329 e. The van der Waals surface area contributed by atoms with E-state index in [1.54, 1.807) is 0 Å². The zero-order valence-electron chi connectivity index (χ0n) is 10.8. The van der Waals surface area contributed by atoms with Crippen LogP contribution in [0.2, 0.25) is 5.02 Å². The summed E-state index contributed by atoms with van der Waals surface area (Å²) >= 11 is 5.65. The van der Waals surface area contributed by atoms with Gasteiger partial charge in [0.05, 0.1) is 10.8 Å². The molecule has 2 N–H and O–H groups in total. The van der Waals surface area contributed by atoms with Crippen LogP contribution >= 0.6 is 24.0 Å². The molecule has 0 aliphatic carbocycles. The molecular weight excluding hydrogens is 326 g/mol. The van der Waals surface area contributed by atoms with E-state index in [1.807, 2.05) is 0 Å². The smallest absolute Gasteiger partial charge is 0.218 e. The summed E-state index contributed by atoms with van der Waals surface area (Å²) in [5, 5.41) is -0.0653. The number of hydrogen-bond donors (Lipinski definition) is 1. The second-order valence-electron chi connectivity index (χ2n) is 4.65.